The molecule has 0 radical (unpaired) electrons. The molecule has 0 saturated carbocycles. The van der Waals surface area contributed by atoms with Crippen molar-refractivity contribution < 1.29 is 32.9 Å². The van der Waals surface area contributed by atoms with E-state index in [4.69, 9.17) is 9.05 Å². The van der Waals surface area contributed by atoms with E-state index in [0.29, 0.717) is 17.4 Å². The first-order valence-corrected chi connectivity index (χ1v) is 28.8. The van der Waals surface area contributed by atoms with Crippen LogP contribution in [0.1, 0.15) is 206 Å². The zero-order valence-corrected chi connectivity index (χ0v) is 45.2. The summed E-state index contributed by atoms with van der Waals surface area (Å²) in [7, 11) is 1.50. The number of rotatable bonds is 48. The Morgan fingerprint density at radius 2 is 0.897 bits per heavy atom. The van der Waals surface area contributed by atoms with Crippen molar-refractivity contribution in [3.63, 3.8) is 0 Å². The SMILES string of the molecule is CC/C=C\C/C=C\C/C=C\C/C=C\C/C=C\C/C=C\CCCCC(=O)NC(COP(=O)(O)OCC[N+](C)(C)C)C(O)/C=C/CC/C=C/CC/C=C/CCCCCCCCCCCCCCCCC. The topological polar surface area (TPSA) is 105 Å². The smallest absolute Gasteiger partial charge is 0.387 e. The van der Waals surface area contributed by atoms with Gasteiger partial charge in [-0.1, -0.05) is 213 Å². The summed E-state index contributed by atoms with van der Waals surface area (Å²) < 4.78 is 23.6. The van der Waals surface area contributed by atoms with E-state index in [1.807, 2.05) is 27.2 Å². The standard InChI is InChI=1S/C59H103N2O6P/c1-6-8-10-12-14-16-18-20-22-24-26-28-29-30-31-33-34-36-38-40-42-44-46-48-50-52-58(62)57(56-67-68(64,65)66-55-54-61(3,4)5)60-59(63)53-51-49-47-45-43-41-39-37-35-32-27-25-23-21-19-17-15-13-11-9-7-2/h9,11,15,17,21,23,27,32,34,36-37,39,42-45,50,52,57-58,62H,6-8,10,12-14,16,18-20,22,24-26,28-31,33,35,38,40-41,46-49,51,53-56H2,1-5H3,(H-,60,63,64,65)/p+1/b11-9-,17-15-,23-21-,32-27-,36-34+,39-37-,44-42+,45-43-,52-50+. The predicted molar refractivity (Wildman–Crippen MR) is 295 cm³/mol. The Balaban J connectivity index is 4.45. The second kappa shape index (κ2) is 49.2. The molecule has 0 aliphatic carbocycles. The molecule has 390 valence electrons. The zero-order chi connectivity index (χ0) is 49.9. The first-order chi connectivity index (χ1) is 33.0. The summed E-state index contributed by atoms with van der Waals surface area (Å²) in [6, 6.07) is -0.902. The molecular weight excluding hydrogens is 864 g/mol. The molecule has 0 aromatic carbocycles. The van der Waals surface area contributed by atoms with Crippen LogP contribution in [0.3, 0.4) is 0 Å². The monoisotopic (exact) mass is 968 g/mol. The zero-order valence-electron chi connectivity index (χ0n) is 44.3. The minimum atomic E-state index is -4.38. The maximum atomic E-state index is 12.9. The van der Waals surface area contributed by atoms with E-state index in [9.17, 15) is 19.4 Å². The van der Waals surface area contributed by atoms with Crippen molar-refractivity contribution in [1.82, 2.24) is 5.32 Å². The fraction of sp³-hybridized carbons (Fsp3) is 0.678. The van der Waals surface area contributed by atoms with Gasteiger partial charge in [-0.15, -0.1) is 0 Å². The van der Waals surface area contributed by atoms with Crippen LogP contribution >= 0.6 is 7.82 Å². The second-order valence-corrected chi connectivity index (χ2v) is 20.7. The summed E-state index contributed by atoms with van der Waals surface area (Å²) in [5.41, 5.74) is 0. The number of likely N-dealkylation sites (N-methyl/N-ethyl adjacent to an activating group) is 1. The van der Waals surface area contributed by atoms with Gasteiger partial charge in [-0.25, -0.2) is 4.57 Å². The highest BCUT2D eigenvalue weighted by molar-refractivity contribution is 7.47. The molecule has 0 aromatic heterocycles. The molecule has 0 heterocycles. The van der Waals surface area contributed by atoms with E-state index >= 15 is 0 Å². The van der Waals surface area contributed by atoms with E-state index in [2.05, 4.69) is 116 Å². The van der Waals surface area contributed by atoms with Crippen LogP contribution in [-0.2, 0) is 18.4 Å². The molecular formula is C59H104N2O6P+. The molecule has 0 aliphatic rings. The van der Waals surface area contributed by atoms with Crippen LogP contribution in [0.5, 0.6) is 0 Å². The van der Waals surface area contributed by atoms with Crippen molar-refractivity contribution in [2.24, 2.45) is 0 Å². The number of carbonyl (C=O) groups excluding carboxylic acids is 1. The largest absolute Gasteiger partial charge is 0.472 e. The highest BCUT2D eigenvalue weighted by atomic mass is 31.2. The number of hydrogen-bond donors (Lipinski definition) is 3. The highest BCUT2D eigenvalue weighted by Crippen LogP contribution is 2.43. The van der Waals surface area contributed by atoms with Crippen molar-refractivity contribution in [3.8, 4) is 0 Å². The summed E-state index contributed by atoms with van der Waals surface area (Å²) in [6.07, 6.45) is 71.9. The maximum absolute atomic E-state index is 12.9. The normalized spacial score (nSPS) is 14.9. The Labute approximate surface area is 419 Å². The fourth-order valence-corrected chi connectivity index (χ4v) is 7.93. The number of unbranched alkanes of at least 4 members (excludes halogenated alkanes) is 19. The molecule has 0 bridgehead atoms. The minimum Gasteiger partial charge on any atom is -0.387 e. The number of phosphoric acid groups is 1. The lowest BCUT2D eigenvalue weighted by Gasteiger charge is -2.25. The minimum absolute atomic E-state index is 0.0386. The van der Waals surface area contributed by atoms with Crippen molar-refractivity contribution in [3.05, 3.63) is 109 Å². The van der Waals surface area contributed by atoms with Crippen LogP contribution in [0.15, 0.2) is 109 Å². The van der Waals surface area contributed by atoms with Gasteiger partial charge in [-0.3, -0.25) is 13.8 Å². The third kappa shape index (κ3) is 51.0. The predicted octanol–water partition coefficient (Wildman–Crippen LogP) is 16.4. The number of aliphatic hydroxyl groups excluding tert-OH is 1. The lowest BCUT2D eigenvalue weighted by molar-refractivity contribution is -0.870. The van der Waals surface area contributed by atoms with Crippen molar-refractivity contribution in [1.29, 1.82) is 0 Å². The molecule has 8 nitrogen and oxygen atoms in total. The number of amides is 1. The van der Waals surface area contributed by atoms with Gasteiger partial charge < -0.3 is 19.8 Å². The van der Waals surface area contributed by atoms with Crippen LogP contribution in [0, 0.1) is 0 Å². The fourth-order valence-electron chi connectivity index (χ4n) is 7.19. The first kappa shape index (κ1) is 65.2. The van der Waals surface area contributed by atoms with Gasteiger partial charge in [0, 0.05) is 6.42 Å². The molecule has 9 heteroatoms. The van der Waals surface area contributed by atoms with Gasteiger partial charge in [0.1, 0.15) is 13.2 Å². The molecule has 0 rings (SSSR count). The van der Waals surface area contributed by atoms with Gasteiger partial charge in [0.25, 0.3) is 0 Å². The molecule has 0 saturated heterocycles. The number of carbonyl (C=O) groups is 1. The van der Waals surface area contributed by atoms with Crippen molar-refractivity contribution >= 4 is 13.7 Å². The van der Waals surface area contributed by atoms with Crippen LogP contribution in [0.2, 0.25) is 0 Å². The molecule has 0 fully saturated rings. The van der Waals surface area contributed by atoms with Crippen molar-refractivity contribution in [2.45, 2.75) is 219 Å². The molecule has 3 N–H and O–H groups in total. The maximum Gasteiger partial charge on any atom is 0.472 e. The lowest BCUT2D eigenvalue weighted by Crippen LogP contribution is -2.45. The molecule has 3 unspecified atom stereocenters. The van der Waals surface area contributed by atoms with Crippen LogP contribution in [0.4, 0.5) is 0 Å². The summed E-state index contributed by atoms with van der Waals surface area (Å²) in [5, 5.41) is 13.9. The summed E-state index contributed by atoms with van der Waals surface area (Å²) in [4.78, 5) is 23.2. The average molecular weight is 968 g/mol. The number of nitrogens with one attached hydrogen (secondary N) is 1. The van der Waals surface area contributed by atoms with Crippen molar-refractivity contribution in [2.75, 3.05) is 40.9 Å². The highest BCUT2D eigenvalue weighted by Gasteiger charge is 2.27. The van der Waals surface area contributed by atoms with E-state index in [-0.39, 0.29) is 25.5 Å². The van der Waals surface area contributed by atoms with E-state index in [1.54, 1.807) is 6.08 Å². The van der Waals surface area contributed by atoms with Crippen LogP contribution in [-0.4, -0.2) is 73.4 Å². The number of allylic oxidation sites excluding steroid dienone is 17. The van der Waals surface area contributed by atoms with E-state index < -0.39 is 20.0 Å². The van der Waals surface area contributed by atoms with Gasteiger partial charge >= 0.3 is 7.82 Å². The van der Waals surface area contributed by atoms with Gasteiger partial charge in [0.15, 0.2) is 0 Å². The Kier molecular flexibility index (Phi) is 47.1. The molecule has 68 heavy (non-hydrogen) atoms. The Bertz CT molecular complexity index is 1470. The Hall–Kier alpha value is -2.84. The molecule has 0 aromatic rings. The molecule has 0 aliphatic heterocycles. The third-order valence-corrected chi connectivity index (χ3v) is 12.4. The first-order valence-electron chi connectivity index (χ1n) is 27.3. The summed E-state index contributed by atoms with van der Waals surface area (Å²) in [6.45, 7) is 4.63. The molecule has 1 amide bonds. The Morgan fingerprint density at radius 1 is 0.515 bits per heavy atom. The lowest BCUT2D eigenvalue weighted by atomic mass is 10.0. The second-order valence-electron chi connectivity index (χ2n) is 19.2. The van der Waals surface area contributed by atoms with Crippen LogP contribution < -0.4 is 5.32 Å². The average Bonchev–Trinajstić information content (AvgIpc) is 3.30. The van der Waals surface area contributed by atoms with E-state index in [0.717, 1.165) is 77.0 Å². The third-order valence-electron chi connectivity index (χ3n) is 11.5. The number of hydrogen-bond acceptors (Lipinski definition) is 5. The number of nitrogens with zero attached hydrogens (tertiary/aromatic N) is 1. The number of quaternary nitrogens is 1. The van der Waals surface area contributed by atoms with Gasteiger partial charge in [0.2, 0.25) is 5.91 Å². The summed E-state index contributed by atoms with van der Waals surface area (Å²) >= 11 is 0. The Morgan fingerprint density at radius 3 is 1.35 bits per heavy atom. The van der Waals surface area contributed by atoms with Crippen LogP contribution in [0.25, 0.3) is 0 Å². The quantitative estimate of drug-likeness (QED) is 0.0243. The van der Waals surface area contributed by atoms with Gasteiger partial charge in [-0.05, 0) is 96.3 Å². The summed E-state index contributed by atoms with van der Waals surface area (Å²) in [5.74, 6) is -0.237. The molecule has 0 spiro atoms. The number of aliphatic hydroxyl groups is 1. The van der Waals surface area contributed by atoms with Gasteiger partial charge in [0.05, 0.1) is 39.9 Å². The van der Waals surface area contributed by atoms with Gasteiger partial charge in [-0.2, -0.15) is 0 Å². The molecule has 3 atom stereocenters. The number of phosphoric ester groups is 1. The van der Waals surface area contributed by atoms with E-state index in [1.165, 1.54) is 103 Å².